The summed E-state index contributed by atoms with van der Waals surface area (Å²) < 4.78 is 0. The summed E-state index contributed by atoms with van der Waals surface area (Å²) in [7, 11) is 0. The number of carbonyl (C=O) groups is 2. The molecule has 9 heteroatoms. The monoisotopic (exact) mass is 449 g/mol. The Hall–Kier alpha value is -3.75. The number of benzene rings is 3. The third kappa shape index (κ3) is 3.12. The number of imide groups is 1. The molecule has 32 heavy (non-hydrogen) atoms. The smallest absolute Gasteiger partial charge is 0.269 e. The van der Waals surface area contributed by atoms with Gasteiger partial charge in [0, 0.05) is 17.2 Å². The van der Waals surface area contributed by atoms with Gasteiger partial charge in [0.05, 0.1) is 22.3 Å². The predicted molar refractivity (Wildman–Crippen MR) is 117 cm³/mol. The number of hydrogen-bond donors (Lipinski definition) is 0. The van der Waals surface area contributed by atoms with Gasteiger partial charge in [0.15, 0.2) is 6.10 Å². The third-order valence-electron chi connectivity index (χ3n) is 5.67. The topological polar surface area (TPSA) is 93.0 Å². The highest BCUT2D eigenvalue weighted by molar-refractivity contribution is 6.31. The zero-order valence-corrected chi connectivity index (χ0v) is 17.3. The van der Waals surface area contributed by atoms with Crippen molar-refractivity contribution in [2.45, 2.75) is 12.1 Å². The molecule has 3 aromatic carbocycles. The minimum absolute atomic E-state index is 0.131. The van der Waals surface area contributed by atoms with Gasteiger partial charge in [0.2, 0.25) is 5.91 Å². The highest BCUT2D eigenvalue weighted by Crippen LogP contribution is 2.48. The minimum atomic E-state index is -1.04. The first-order valence-electron chi connectivity index (χ1n) is 9.85. The van der Waals surface area contributed by atoms with Gasteiger partial charge >= 0.3 is 0 Å². The van der Waals surface area contributed by atoms with Crippen molar-refractivity contribution in [2.24, 2.45) is 5.92 Å². The van der Waals surface area contributed by atoms with Gasteiger partial charge in [-0.05, 0) is 35.9 Å². The molecule has 2 fully saturated rings. The maximum absolute atomic E-state index is 13.5. The van der Waals surface area contributed by atoms with E-state index < -0.39 is 34.8 Å². The van der Waals surface area contributed by atoms with E-state index in [1.165, 1.54) is 24.3 Å². The number of nitro groups is 1. The Balaban J connectivity index is 1.57. The molecule has 2 aliphatic rings. The maximum Gasteiger partial charge on any atom is 0.269 e. The Labute approximate surface area is 187 Å². The van der Waals surface area contributed by atoms with Crippen molar-refractivity contribution in [1.29, 1.82) is 0 Å². The number of hydrogen-bond acceptors (Lipinski definition) is 6. The average Bonchev–Trinajstić information content (AvgIpc) is 3.31. The Morgan fingerprint density at radius 1 is 0.844 bits per heavy atom. The van der Waals surface area contributed by atoms with E-state index in [0.717, 1.165) is 4.90 Å². The van der Waals surface area contributed by atoms with Crippen LogP contribution >= 0.6 is 11.6 Å². The third-order valence-corrected chi connectivity index (χ3v) is 6.01. The van der Waals surface area contributed by atoms with Crippen LogP contribution in [-0.4, -0.2) is 22.8 Å². The van der Waals surface area contributed by atoms with Crippen LogP contribution in [0.15, 0.2) is 78.9 Å². The lowest BCUT2D eigenvalue weighted by atomic mass is 9.90. The molecule has 0 radical (unpaired) electrons. The molecule has 0 spiro atoms. The first-order chi connectivity index (χ1) is 15.5. The SMILES string of the molecule is O=C1[C@H]2[C@@H](c3ccccc3Cl)N(c3ccccc3)O[C@H]2C(=O)N1c1ccc([N+](=O)[O-])cc1. The molecule has 160 valence electrons. The Morgan fingerprint density at radius 2 is 1.50 bits per heavy atom. The summed E-state index contributed by atoms with van der Waals surface area (Å²) in [5.74, 6) is -1.81. The summed E-state index contributed by atoms with van der Waals surface area (Å²) >= 11 is 6.48. The Kier molecular flexibility index (Phi) is 4.88. The molecule has 2 amide bonds. The standard InChI is InChI=1S/C23H16ClN3O5/c24-18-9-5-4-8-17(18)20-19-21(32-26(20)15-6-2-1-3-7-15)23(29)25(22(19)28)14-10-12-16(13-11-14)27(30)31/h1-13,19-21H/t19-,20+,21+/m0/s1. The van der Waals surface area contributed by atoms with Crippen molar-refractivity contribution < 1.29 is 19.3 Å². The number of hydroxylamine groups is 1. The first kappa shape index (κ1) is 20.2. The van der Waals surface area contributed by atoms with Crippen LogP contribution in [0.1, 0.15) is 11.6 Å². The van der Waals surface area contributed by atoms with Gasteiger partial charge in [-0.1, -0.05) is 48.0 Å². The van der Waals surface area contributed by atoms with Crippen LogP contribution in [0.25, 0.3) is 0 Å². The molecule has 5 rings (SSSR count). The van der Waals surface area contributed by atoms with Gasteiger partial charge in [-0.2, -0.15) is 0 Å². The Morgan fingerprint density at radius 3 is 2.16 bits per heavy atom. The van der Waals surface area contributed by atoms with Crippen LogP contribution in [0.3, 0.4) is 0 Å². The second-order valence-electron chi connectivity index (χ2n) is 7.46. The number of para-hydroxylation sites is 1. The summed E-state index contributed by atoms with van der Waals surface area (Å²) in [6, 6.07) is 21.0. The molecule has 0 N–H and O–H groups in total. The molecule has 0 bridgehead atoms. The van der Waals surface area contributed by atoms with Crippen molar-refractivity contribution in [1.82, 2.24) is 0 Å². The molecular formula is C23H16ClN3O5. The molecule has 2 aliphatic heterocycles. The fraction of sp³-hybridized carbons (Fsp3) is 0.130. The molecule has 8 nitrogen and oxygen atoms in total. The van der Waals surface area contributed by atoms with Crippen LogP contribution in [0.2, 0.25) is 5.02 Å². The molecule has 0 aromatic heterocycles. The number of rotatable bonds is 4. The largest absolute Gasteiger partial charge is 0.273 e. The van der Waals surface area contributed by atoms with Gasteiger partial charge < -0.3 is 0 Å². The summed E-state index contributed by atoms with van der Waals surface area (Å²) in [6.07, 6.45) is -1.04. The summed E-state index contributed by atoms with van der Waals surface area (Å²) in [5, 5.41) is 13.0. The van der Waals surface area contributed by atoms with Crippen molar-refractivity contribution in [3.63, 3.8) is 0 Å². The van der Waals surface area contributed by atoms with Crippen molar-refractivity contribution in [2.75, 3.05) is 9.96 Å². The zero-order valence-electron chi connectivity index (χ0n) is 16.5. The van der Waals surface area contributed by atoms with E-state index in [-0.39, 0.29) is 11.4 Å². The number of nitro benzene ring substituents is 1. The highest BCUT2D eigenvalue weighted by Gasteiger charge is 2.60. The van der Waals surface area contributed by atoms with Crippen LogP contribution in [-0.2, 0) is 14.4 Å². The highest BCUT2D eigenvalue weighted by atomic mass is 35.5. The zero-order chi connectivity index (χ0) is 22.4. The molecule has 0 unspecified atom stereocenters. The number of nitrogens with zero attached hydrogens (tertiary/aromatic N) is 3. The maximum atomic E-state index is 13.5. The average molecular weight is 450 g/mol. The summed E-state index contributed by atoms with van der Waals surface area (Å²) in [6.45, 7) is 0. The summed E-state index contributed by atoms with van der Waals surface area (Å²) in [4.78, 5) is 44.2. The Bertz CT molecular complexity index is 1220. The lowest BCUT2D eigenvalue weighted by molar-refractivity contribution is -0.384. The lowest BCUT2D eigenvalue weighted by Gasteiger charge is -2.29. The second-order valence-corrected chi connectivity index (χ2v) is 7.87. The fourth-order valence-electron chi connectivity index (χ4n) is 4.22. The van der Waals surface area contributed by atoms with Crippen molar-refractivity contribution >= 4 is 40.5 Å². The van der Waals surface area contributed by atoms with E-state index in [1.54, 1.807) is 23.3 Å². The van der Waals surface area contributed by atoms with Gasteiger partial charge in [0.1, 0.15) is 5.92 Å². The molecule has 2 heterocycles. The van der Waals surface area contributed by atoms with Crippen LogP contribution < -0.4 is 9.96 Å². The van der Waals surface area contributed by atoms with Gasteiger partial charge in [0.25, 0.3) is 11.6 Å². The van der Waals surface area contributed by atoms with E-state index in [0.29, 0.717) is 16.3 Å². The van der Waals surface area contributed by atoms with Crippen LogP contribution in [0, 0.1) is 16.0 Å². The minimum Gasteiger partial charge on any atom is -0.273 e. The number of fused-ring (bicyclic) bond motifs is 1. The van der Waals surface area contributed by atoms with Crippen LogP contribution in [0.5, 0.6) is 0 Å². The number of non-ortho nitro benzene ring substituents is 1. The van der Waals surface area contributed by atoms with Gasteiger partial charge in [-0.15, -0.1) is 0 Å². The molecular weight excluding hydrogens is 434 g/mol. The fourth-order valence-corrected chi connectivity index (χ4v) is 4.47. The van der Waals surface area contributed by atoms with E-state index in [9.17, 15) is 19.7 Å². The van der Waals surface area contributed by atoms with Gasteiger partial charge in [-0.3, -0.25) is 24.5 Å². The second kappa shape index (κ2) is 7.74. The van der Waals surface area contributed by atoms with Gasteiger partial charge in [-0.25, -0.2) is 9.96 Å². The normalized spacial score (nSPS) is 22.3. The predicted octanol–water partition coefficient (Wildman–Crippen LogP) is 4.30. The molecule has 2 saturated heterocycles. The van der Waals surface area contributed by atoms with E-state index in [2.05, 4.69) is 0 Å². The van der Waals surface area contributed by atoms with E-state index in [1.807, 2.05) is 36.4 Å². The number of halogens is 1. The number of carbonyl (C=O) groups excluding carboxylic acids is 2. The van der Waals surface area contributed by atoms with E-state index >= 15 is 0 Å². The number of anilines is 2. The first-order valence-corrected chi connectivity index (χ1v) is 10.2. The molecule has 3 atom stereocenters. The quantitative estimate of drug-likeness (QED) is 0.335. The molecule has 3 aromatic rings. The molecule has 0 saturated carbocycles. The van der Waals surface area contributed by atoms with E-state index in [4.69, 9.17) is 16.4 Å². The number of amides is 2. The van der Waals surface area contributed by atoms with Crippen molar-refractivity contribution in [3.8, 4) is 0 Å². The van der Waals surface area contributed by atoms with Crippen LogP contribution in [0.4, 0.5) is 17.1 Å². The van der Waals surface area contributed by atoms with Crippen molar-refractivity contribution in [3.05, 3.63) is 99.6 Å². The lowest BCUT2D eigenvalue weighted by Crippen LogP contribution is -2.37. The summed E-state index contributed by atoms with van der Waals surface area (Å²) in [5.41, 5.74) is 1.48. The molecule has 0 aliphatic carbocycles.